The maximum atomic E-state index is 13.9. The number of morpholine rings is 1. The van der Waals surface area contributed by atoms with Crippen LogP contribution in [0.25, 0.3) is 5.69 Å². The number of aryl methyl sites for hydroxylation is 1. The second-order valence-corrected chi connectivity index (χ2v) is 7.60. The normalized spacial score (nSPS) is 14.2. The number of nitrogens with zero attached hydrogens (tertiary/aromatic N) is 4. The molecular weight excluding hydrogens is 411 g/mol. The highest BCUT2D eigenvalue weighted by atomic mass is 32.2. The molecule has 0 spiro atoms. The van der Waals surface area contributed by atoms with Crippen LogP contribution < -0.4 is 4.90 Å². The summed E-state index contributed by atoms with van der Waals surface area (Å²) in [5, 5.41) is 9.28. The van der Waals surface area contributed by atoms with Crippen molar-refractivity contribution in [3.8, 4) is 5.69 Å². The van der Waals surface area contributed by atoms with E-state index in [2.05, 4.69) is 15.1 Å². The topological polar surface area (TPSA) is 82.6 Å². The minimum atomic E-state index is -0.440. The number of hydrogen-bond acceptors (Lipinski definition) is 8. The Hall–Kier alpha value is -2.85. The van der Waals surface area contributed by atoms with Crippen molar-refractivity contribution in [2.24, 2.45) is 0 Å². The van der Waals surface area contributed by atoms with Crippen LogP contribution >= 0.6 is 11.8 Å². The van der Waals surface area contributed by atoms with E-state index >= 15 is 0 Å². The van der Waals surface area contributed by atoms with Gasteiger partial charge in [-0.05, 0) is 31.2 Å². The van der Waals surface area contributed by atoms with Gasteiger partial charge in [0.15, 0.2) is 5.16 Å². The smallest absolute Gasteiger partial charge is 0.341 e. The predicted molar refractivity (Wildman–Crippen MR) is 109 cm³/mol. The lowest BCUT2D eigenvalue weighted by molar-refractivity contribution is 0.0599. The van der Waals surface area contributed by atoms with Crippen LogP contribution in [-0.4, -0.2) is 54.1 Å². The number of furan rings is 1. The Balaban J connectivity index is 1.63. The zero-order chi connectivity index (χ0) is 21.1. The van der Waals surface area contributed by atoms with Crippen LogP contribution in [0, 0.1) is 12.7 Å². The van der Waals surface area contributed by atoms with E-state index in [4.69, 9.17) is 13.9 Å². The number of methoxy groups -OCH3 is 1. The van der Waals surface area contributed by atoms with Crippen LogP contribution in [0.3, 0.4) is 0 Å². The van der Waals surface area contributed by atoms with Gasteiger partial charge in [0.2, 0.25) is 5.95 Å². The fraction of sp³-hybridized carbons (Fsp3) is 0.350. The first-order valence-electron chi connectivity index (χ1n) is 9.41. The largest absolute Gasteiger partial charge is 0.465 e. The maximum absolute atomic E-state index is 13.9. The van der Waals surface area contributed by atoms with Crippen LogP contribution in [0.15, 0.2) is 39.9 Å². The minimum Gasteiger partial charge on any atom is -0.465 e. The molecule has 0 unspecified atom stereocenters. The zero-order valence-electron chi connectivity index (χ0n) is 16.6. The van der Waals surface area contributed by atoms with Crippen LogP contribution in [0.1, 0.15) is 21.9 Å². The Bertz CT molecular complexity index is 1050. The van der Waals surface area contributed by atoms with Gasteiger partial charge in [0.05, 0.1) is 31.8 Å². The maximum Gasteiger partial charge on any atom is 0.341 e. The molecule has 0 N–H and O–H groups in total. The highest BCUT2D eigenvalue weighted by molar-refractivity contribution is 7.98. The number of halogens is 1. The molecule has 3 heterocycles. The van der Waals surface area contributed by atoms with E-state index in [0.29, 0.717) is 65.9 Å². The summed E-state index contributed by atoms with van der Waals surface area (Å²) in [5.74, 6) is 1.39. The molecule has 1 aliphatic heterocycles. The number of hydrogen-bond donors (Lipinski definition) is 0. The third-order valence-electron chi connectivity index (χ3n) is 4.69. The summed E-state index contributed by atoms with van der Waals surface area (Å²) in [6.45, 7) is 4.27. The summed E-state index contributed by atoms with van der Waals surface area (Å²) in [4.78, 5) is 13.9. The number of anilines is 1. The van der Waals surface area contributed by atoms with Crippen molar-refractivity contribution in [1.82, 2.24) is 14.8 Å². The van der Waals surface area contributed by atoms with Gasteiger partial charge < -0.3 is 18.8 Å². The highest BCUT2D eigenvalue weighted by Gasteiger charge is 2.23. The van der Waals surface area contributed by atoms with Crippen molar-refractivity contribution >= 4 is 23.7 Å². The van der Waals surface area contributed by atoms with Crippen LogP contribution in [0.4, 0.5) is 10.3 Å². The molecule has 0 aliphatic carbocycles. The first-order valence-corrected chi connectivity index (χ1v) is 10.4. The Morgan fingerprint density at radius 3 is 2.80 bits per heavy atom. The summed E-state index contributed by atoms with van der Waals surface area (Å²) < 4.78 is 31.6. The van der Waals surface area contributed by atoms with Gasteiger partial charge in [-0.25, -0.2) is 9.18 Å². The molecular formula is C20H21FN4O4S. The molecule has 1 saturated heterocycles. The molecule has 0 radical (unpaired) electrons. The second kappa shape index (κ2) is 8.88. The van der Waals surface area contributed by atoms with E-state index in [-0.39, 0.29) is 5.82 Å². The van der Waals surface area contributed by atoms with E-state index < -0.39 is 5.97 Å². The summed E-state index contributed by atoms with van der Waals surface area (Å²) in [5.41, 5.74) is 1.03. The summed E-state index contributed by atoms with van der Waals surface area (Å²) in [6, 6.07) is 7.98. The number of thioether (sulfide) groups is 1. The molecule has 0 saturated carbocycles. The highest BCUT2D eigenvalue weighted by Crippen LogP contribution is 2.30. The van der Waals surface area contributed by atoms with E-state index in [1.165, 1.54) is 31.0 Å². The van der Waals surface area contributed by atoms with E-state index in [9.17, 15) is 9.18 Å². The van der Waals surface area contributed by atoms with Gasteiger partial charge in [-0.3, -0.25) is 4.57 Å². The molecule has 0 bridgehead atoms. The summed E-state index contributed by atoms with van der Waals surface area (Å²) in [7, 11) is 1.33. The van der Waals surface area contributed by atoms with Gasteiger partial charge in [-0.15, -0.1) is 10.2 Å². The molecule has 10 heteroatoms. The Morgan fingerprint density at radius 2 is 2.07 bits per heavy atom. The van der Waals surface area contributed by atoms with Gasteiger partial charge in [0, 0.05) is 13.1 Å². The van der Waals surface area contributed by atoms with E-state index in [1.807, 2.05) is 10.6 Å². The van der Waals surface area contributed by atoms with Gasteiger partial charge in [-0.2, -0.15) is 0 Å². The quantitative estimate of drug-likeness (QED) is 0.434. The van der Waals surface area contributed by atoms with Gasteiger partial charge in [-0.1, -0.05) is 17.8 Å². The van der Waals surface area contributed by atoms with Crippen LogP contribution in [-0.2, 0) is 15.2 Å². The van der Waals surface area contributed by atoms with E-state index in [1.54, 1.807) is 19.1 Å². The molecule has 1 fully saturated rings. The molecule has 3 aromatic rings. The number of esters is 1. The molecule has 158 valence electrons. The molecule has 8 nitrogen and oxygen atoms in total. The molecule has 30 heavy (non-hydrogen) atoms. The summed E-state index contributed by atoms with van der Waals surface area (Å²) >= 11 is 1.39. The van der Waals surface area contributed by atoms with Crippen LogP contribution in [0.2, 0.25) is 0 Å². The van der Waals surface area contributed by atoms with E-state index in [0.717, 1.165) is 0 Å². The van der Waals surface area contributed by atoms with Crippen molar-refractivity contribution in [3.05, 3.63) is 53.2 Å². The Kier molecular flexibility index (Phi) is 6.05. The van der Waals surface area contributed by atoms with Crippen molar-refractivity contribution in [2.45, 2.75) is 17.8 Å². The second-order valence-electron chi connectivity index (χ2n) is 6.66. The Labute approximate surface area is 177 Å². The lowest BCUT2D eigenvalue weighted by Gasteiger charge is -2.27. The fourth-order valence-corrected chi connectivity index (χ4v) is 4.06. The molecule has 1 aromatic carbocycles. The fourth-order valence-electron chi connectivity index (χ4n) is 3.23. The number of rotatable bonds is 6. The predicted octanol–water partition coefficient (Wildman–Crippen LogP) is 3.22. The third kappa shape index (κ3) is 4.19. The standard InChI is InChI=1S/C20H21FN4O4S/c1-13-17(18(26)27-2)11-16(29-13)12-30-20-23-22-19(24-6-8-28-9-7-24)25(20)15-5-3-4-14(21)10-15/h3-5,10-11H,6-9,12H2,1-2H3. The van der Waals surface area contributed by atoms with Crippen molar-refractivity contribution in [2.75, 3.05) is 38.3 Å². The first kappa shape index (κ1) is 20.4. The average molecular weight is 432 g/mol. The number of aromatic nitrogens is 3. The van der Waals surface area contributed by atoms with Crippen LogP contribution in [0.5, 0.6) is 0 Å². The van der Waals surface area contributed by atoms with Gasteiger partial charge in [0.1, 0.15) is 22.9 Å². The van der Waals surface area contributed by atoms with Crippen molar-refractivity contribution in [1.29, 1.82) is 0 Å². The number of ether oxygens (including phenoxy) is 2. The van der Waals surface area contributed by atoms with Gasteiger partial charge in [0.25, 0.3) is 0 Å². The third-order valence-corrected chi connectivity index (χ3v) is 5.65. The molecule has 2 aromatic heterocycles. The number of carbonyl (C=O) groups excluding carboxylic acids is 1. The lowest BCUT2D eigenvalue weighted by atomic mass is 10.2. The number of carbonyl (C=O) groups is 1. The molecule has 1 aliphatic rings. The van der Waals surface area contributed by atoms with Crippen molar-refractivity contribution in [3.63, 3.8) is 0 Å². The van der Waals surface area contributed by atoms with Crippen molar-refractivity contribution < 1.29 is 23.1 Å². The SMILES string of the molecule is COC(=O)c1cc(CSc2nnc(N3CCOCC3)n2-c2cccc(F)c2)oc1C. The van der Waals surface area contributed by atoms with Gasteiger partial charge >= 0.3 is 5.97 Å². The monoisotopic (exact) mass is 432 g/mol. The molecule has 4 rings (SSSR count). The number of benzene rings is 1. The molecule has 0 atom stereocenters. The minimum absolute atomic E-state index is 0.338. The first-order chi connectivity index (χ1) is 14.6. The lowest BCUT2D eigenvalue weighted by Crippen LogP contribution is -2.37. The Morgan fingerprint density at radius 1 is 1.27 bits per heavy atom. The summed E-state index contributed by atoms with van der Waals surface area (Å²) in [6.07, 6.45) is 0. The zero-order valence-corrected chi connectivity index (χ0v) is 17.4. The molecule has 0 amide bonds. The average Bonchev–Trinajstić information content (AvgIpc) is 3.35.